The van der Waals surface area contributed by atoms with Crippen LogP contribution in [0.3, 0.4) is 0 Å². The van der Waals surface area contributed by atoms with Gasteiger partial charge in [-0.1, -0.05) is 20.8 Å². The van der Waals surface area contributed by atoms with E-state index in [4.69, 9.17) is 4.98 Å². The van der Waals surface area contributed by atoms with Crippen molar-refractivity contribution in [2.75, 3.05) is 4.90 Å². The smallest absolute Gasteiger partial charge is 0.135 e. The molecule has 1 aliphatic rings. The van der Waals surface area contributed by atoms with Crippen molar-refractivity contribution in [2.45, 2.75) is 53.1 Å². The van der Waals surface area contributed by atoms with Crippen molar-refractivity contribution in [3.63, 3.8) is 0 Å². The quantitative estimate of drug-likeness (QED) is 0.805. The minimum Gasteiger partial charge on any atom is -0.346 e. The zero-order chi connectivity index (χ0) is 15.2. The van der Waals surface area contributed by atoms with Crippen molar-refractivity contribution >= 4 is 5.82 Å². The molecule has 0 radical (unpaired) electrons. The van der Waals surface area contributed by atoms with Gasteiger partial charge in [-0.3, -0.25) is 0 Å². The number of rotatable bonds is 1. The maximum Gasteiger partial charge on any atom is 0.135 e. The Hall–Kier alpha value is -2.04. The first-order valence-corrected chi connectivity index (χ1v) is 7.24. The second-order valence-electron chi connectivity index (χ2n) is 6.68. The normalized spacial score (nSPS) is 14.4. The van der Waals surface area contributed by atoms with E-state index in [1.807, 2.05) is 13.1 Å². The van der Waals surface area contributed by atoms with Crippen LogP contribution in [0, 0.1) is 13.8 Å². The molecule has 1 aliphatic heterocycles. The SMILES string of the molecule is Cc1ncnc(N2Cc3cnc(C(C)(C)C)nc3C2)c1C. The number of anilines is 1. The van der Waals surface area contributed by atoms with Crippen molar-refractivity contribution < 1.29 is 0 Å². The van der Waals surface area contributed by atoms with Crippen LogP contribution < -0.4 is 4.90 Å². The molecule has 0 saturated carbocycles. The summed E-state index contributed by atoms with van der Waals surface area (Å²) in [5.74, 6) is 1.90. The maximum absolute atomic E-state index is 4.76. The van der Waals surface area contributed by atoms with Crippen LogP contribution in [0.25, 0.3) is 0 Å². The first kappa shape index (κ1) is 13.9. The molecule has 3 rings (SSSR count). The highest BCUT2D eigenvalue weighted by atomic mass is 15.2. The lowest BCUT2D eigenvalue weighted by atomic mass is 9.95. The minimum atomic E-state index is -0.0239. The topological polar surface area (TPSA) is 54.8 Å². The molecule has 110 valence electrons. The number of hydrogen-bond acceptors (Lipinski definition) is 5. The predicted molar refractivity (Wildman–Crippen MR) is 82.1 cm³/mol. The molecule has 0 aliphatic carbocycles. The lowest BCUT2D eigenvalue weighted by molar-refractivity contribution is 0.541. The molecule has 0 atom stereocenters. The summed E-state index contributed by atoms with van der Waals surface area (Å²) >= 11 is 0. The summed E-state index contributed by atoms with van der Waals surface area (Å²) in [6.07, 6.45) is 3.60. The molecule has 0 fully saturated rings. The predicted octanol–water partition coefficient (Wildman–Crippen LogP) is 2.70. The van der Waals surface area contributed by atoms with Crippen molar-refractivity contribution in [3.8, 4) is 0 Å². The van der Waals surface area contributed by atoms with E-state index in [1.54, 1.807) is 6.33 Å². The standard InChI is InChI=1S/C16H21N5/c1-10-11(2)18-9-19-14(10)21-7-12-6-17-15(16(3,4)5)20-13(12)8-21/h6,9H,7-8H2,1-5H3. The zero-order valence-electron chi connectivity index (χ0n) is 13.3. The number of aromatic nitrogens is 4. The zero-order valence-corrected chi connectivity index (χ0v) is 13.3. The van der Waals surface area contributed by atoms with Crippen molar-refractivity contribution in [3.05, 3.63) is 40.9 Å². The van der Waals surface area contributed by atoms with Gasteiger partial charge < -0.3 is 4.90 Å². The molecule has 5 heteroatoms. The molecule has 0 saturated heterocycles. The van der Waals surface area contributed by atoms with Crippen LogP contribution in [-0.2, 0) is 18.5 Å². The van der Waals surface area contributed by atoms with Gasteiger partial charge in [-0.05, 0) is 13.8 Å². The van der Waals surface area contributed by atoms with Crippen molar-refractivity contribution in [2.24, 2.45) is 0 Å². The van der Waals surface area contributed by atoms with E-state index >= 15 is 0 Å². The average molecular weight is 283 g/mol. The Balaban J connectivity index is 1.93. The summed E-state index contributed by atoms with van der Waals surface area (Å²) in [5, 5.41) is 0. The molecule has 0 bridgehead atoms. The Morgan fingerprint density at radius 1 is 1.05 bits per heavy atom. The maximum atomic E-state index is 4.76. The van der Waals surface area contributed by atoms with Crippen LogP contribution in [0.5, 0.6) is 0 Å². The largest absolute Gasteiger partial charge is 0.346 e. The summed E-state index contributed by atoms with van der Waals surface area (Å²) < 4.78 is 0. The molecule has 0 unspecified atom stereocenters. The van der Waals surface area contributed by atoms with E-state index in [1.165, 1.54) is 5.56 Å². The van der Waals surface area contributed by atoms with Gasteiger partial charge in [-0.2, -0.15) is 0 Å². The molecule has 2 aromatic heterocycles. The second-order valence-corrected chi connectivity index (χ2v) is 6.68. The molecule has 5 nitrogen and oxygen atoms in total. The first-order valence-electron chi connectivity index (χ1n) is 7.24. The molecule has 21 heavy (non-hydrogen) atoms. The van der Waals surface area contributed by atoms with Crippen LogP contribution >= 0.6 is 0 Å². The molecule has 3 heterocycles. The van der Waals surface area contributed by atoms with E-state index in [0.29, 0.717) is 0 Å². The van der Waals surface area contributed by atoms with E-state index in [2.05, 4.69) is 47.5 Å². The van der Waals surface area contributed by atoms with E-state index < -0.39 is 0 Å². The van der Waals surface area contributed by atoms with Crippen LogP contribution in [-0.4, -0.2) is 19.9 Å². The van der Waals surface area contributed by atoms with Gasteiger partial charge in [0.15, 0.2) is 0 Å². The van der Waals surface area contributed by atoms with Gasteiger partial charge in [0.1, 0.15) is 18.0 Å². The third-order valence-electron chi connectivity index (χ3n) is 3.94. The molecule has 2 aromatic rings. The molecular formula is C16H21N5. The minimum absolute atomic E-state index is 0.0239. The highest BCUT2D eigenvalue weighted by Crippen LogP contribution is 2.29. The Kier molecular flexibility index (Phi) is 3.15. The van der Waals surface area contributed by atoms with Crippen LogP contribution in [0.15, 0.2) is 12.5 Å². The lowest BCUT2D eigenvalue weighted by Crippen LogP contribution is -2.18. The lowest BCUT2D eigenvalue weighted by Gasteiger charge is -2.18. The fourth-order valence-corrected chi connectivity index (χ4v) is 2.51. The van der Waals surface area contributed by atoms with Gasteiger partial charge in [-0.15, -0.1) is 0 Å². The number of nitrogens with zero attached hydrogens (tertiary/aromatic N) is 5. The Labute approximate surface area is 125 Å². The first-order chi connectivity index (χ1) is 9.86. The number of hydrogen-bond donors (Lipinski definition) is 0. The second kappa shape index (κ2) is 4.76. The summed E-state index contributed by atoms with van der Waals surface area (Å²) in [7, 11) is 0. The summed E-state index contributed by atoms with van der Waals surface area (Å²) in [4.78, 5) is 20.2. The van der Waals surface area contributed by atoms with Crippen LogP contribution in [0.1, 0.15) is 49.1 Å². The van der Waals surface area contributed by atoms with Gasteiger partial charge >= 0.3 is 0 Å². The summed E-state index contributed by atoms with van der Waals surface area (Å²) in [6, 6.07) is 0. The average Bonchev–Trinajstić information content (AvgIpc) is 2.83. The van der Waals surface area contributed by atoms with Crippen LogP contribution in [0.2, 0.25) is 0 Å². The fourth-order valence-electron chi connectivity index (χ4n) is 2.51. The Morgan fingerprint density at radius 2 is 1.81 bits per heavy atom. The molecule has 0 amide bonds. The van der Waals surface area contributed by atoms with Crippen molar-refractivity contribution in [1.82, 2.24) is 19.9 Å². The number of aryl methyl sites for hydroxylation is 1. The highest BCUT2D eigenvalue weighted by molar-refractivity contribution is 5.51. The van der Waals surface area contributed by atoms with Gasteiger partial charge in [0.05, 0.1) is 12.2 Å². The van der Waals surface area contributed by atoms with Gasteiger partial charge in [0.2, 0.25) is 0 Å². The van der Waals surface area contributed by atoms with Gasteiger partial charge in [-0.25, -0.2) is 19.9 Å². The van der Waals surface area contributed by atoms with Gasteiger partial charge in [0, 0.05) is 35.0 Å². The van der Waals surface area contributed by atoms with E-state index in [9.17, 15) is 0 Å². The van der Waals surface area contributed by atoms with E-state index in [-0.39, 0.29) is 5.41 Å². The Bertz CT molecular complexity index is 688. The third-order valence-corrected chi connectivity index (χ3v) is 3.94. The van der Waals surface area contributed by atoms with Gasteiger partial charge in [0.25, 0.3) is 0 Å². The molecule has 0 aromatic carbocycles. The fraction of sp³-hybridized carbons (Fsp3) is 0.500. The van der Waals surface area contributed by atoms with E-state index in [0.717, 1.165) is 41.7 Å². The molecule has 0 spiro atoms. The molecule has 0 N–H and O–H groups in total. The van der Waals surface area contributed by atoms with Crippen molar-refractivity contribution in [1.29, 1.82) is 0 Å². The Morgan fingerprint density at radius 3 is 2.52 bits per heavy atom. The van der Waals surface area contributed by atoms with Crippen LogP contribution in [0.4, 0.5) is 5.82 Å². The summed E-state index contributed by atoms with van der Waals surface area (Å²) in [6.45, 7) is 12.1. The highest BCUT2D eigenvalue weighted by Gasteiger charge is 2.26. The third kappa shape index (κ3) is 2.48. The molecular weight excluding hydrogens is 262 g/mol. The number of fused-ring (bicyclic) bond motifs is 1. The monoisotopic (exact) mass is 283 g/mol. The summed E-state index contributed by atoms with van der Waals surface area (Å²) in [5.41, 5.74) is 4.44.